The summed E-state index contributed by atoms with van der Waals surface area (Å²) in [5.41, 5.74) is -0.0406. The minimum Gasteiger partial charge on any atom is -0.481 e. The second-order valence-electron chi connectivity index (χ2n) is 6.71. The summed E-state index contributed by atoms with van der Waals surface area (Å²) in [5.74, 6) is -0.993. The van der Waals surface area contributed by atoms with Gasteiger partial charge in [-0.25, -0.2) is 4.79 Å². The molecule has 1 rings (SSSR count). The molecule has 0 aromatic heterocycles. The Labute approximate surface area is 126 Å². The van der Waals surface area contributed by atoms with Crippen molar-refractivity contribution in [3.8, 4) is 0 Å². The summed E-state index contributed by atoms with van der Waals surface area (Å²) in [6.45, 7) is 4.84. The first-order valence-corrected chi connectivity index (χ1v) is 7.72. The van der Waals surface area contributed by atoms with Crippen LogP contribution >= 0.6 is 0 Å². The number of carboxylic acids is 1. The minimum atomic E-state index is -0.733. The van der Waals surface area contributed by atoms with Crippen molar-refractivity contribution in [1.82, 2.24) is 10.6 Å². The lowest BCUT2D eigenvalue weighted by Crippen LogP contribution is -2.46. The number of carbonyl (C=O) groups excluding carboxylic acids is 1. The van der Waals surface area contributed by atoms with E-state index in [0.29, 0.717) is 19.4 Å². The van der Waals surface area contributed by atoms with Crippen LogP contribution in [0, 0.1) is 11.3 Å². The number of rotatable bonds is 7. The average molecular weight is 300 g/mol. The summed E-state index contributed by atoms with van der Waals surface area (Å²) in [6, 6.07) is -0.119. The van der Waals surface area contributed by atoms with Crippen molar-refractivity contribution < 1.29 is 19.8 Å². The normalized spacial score (nSPS) is 22.6. The molecule has 0 saturated heterocycles. The molecule has 0 atom stereocenters. The fourth-order valence-electron chi connectivity index (χ4n) is 2.69. The van der Waals surface area contributed by atoms with Crippen LogP contribution in [0.4, 0.5) is 4.79 Å². The van der Waals surface area contributed by atoms with Gasteiger partial charge < -0.3 is 20.8 Å². The third-order valence-electron chi connectivity index (χ3n) is 4.15. The van der Waals surface area contributed by atoms with Gasteiger partial charge >= 0.3 is 12.0 Å². The van der Waals surface area contributed by atoms with E-state index in [-0.39, 0.29) is 30.0 Å². The molecule has 1 aliphatic rings. The molecule has 6 heteroatoms. The first-order valence-electron chi connectivity index (χ1n) is 7.72. The van der Waals surface area contributed by atoms with Crippen LogP contribution in [0.15, 0.2) is 0 Å². The Kier molecular flexibility index (Phi) is 6.95. The van der Waals surface area contributed by atoms with Gasteiger partial charge in [-0.3, -0.25) is 4.79 Å². The second-order valence-corrected chi connectivity index (χ2v) is 6.71. The van der Waals surface area contributed by atoms with Gasteiger partial charge in [0.05, 0.1) is 5.92 Å². The van der Waals surface area contributed by atoms with E-state index >= 15 is 0 Å². The molecule has 0 radical (unpaired) electrons. The number of hydrogen-bond donors (Lipinski definition) is 4. The van der Waals surface area contributed by atoms with Gasteiger partial charge in [0.15, 0.2) is 0 Å². The lowest BCUT2D eigenvalue weighted by atomic mass is 9.86. The Balaban J connectivity index is 2.24. The molecule has 0 heterocycles. The maximum Gasteiger partial charge on any atom is 0.315 e. The summed E-state index contributed by atoms with van der Waals surface area (Å²) >= 11 is 0. The first kappa shape index (κ1) is 17.8. The van der Waals surface area contributed by atoms with E-state index in [9.17, 15) is 9.59 Å². The van der Waals surface area contributed by atoms with Crippen molar-refractivity contribution in [2.24, 2.45) is 11.3 Å². The monoisotopic (exact) mass is 300 g/mol. The maximum atomic E-state index is 11.9. The number of nitrogens with one attached hydrogen (secondary N) is 2. The average Bonchev–Trinajstić information content (AvgIpc) is 2.44. The summed E-state index contributed by atoms with van der Waals surface area (Å²) in [7, 11) is 0. The summed E-state index contributed by atoms with van der Waals surface area (Å²) < 4.78 is 0. The van der Waals surface area contributed by atoms with Crippen molar-refractivity contribution in [2.45, 2.75) is 58.4 Å². The van der Waals surface area contributed by atoms with Crippen LogP contribution in [0.3, 0.4) is 0 Å². The number of aliphatic hydroxyl groups excluding tert-OH is 1. The number of aliphatic hydroxyl groups is 1. The van der Waals surface area contributed by atoms with Crippen LogP contribution in [0.1, 0.15) is 52.4 Å². The Hall–Kier alpha value is -1.30. The van der Waals surface area contributed by atoms with Crippen LogP contribution in [-0.2, 0) is 4.79 Å². The Morgan fingerprint density at radius 3 is 2.33 bits per heavy atom. The molecule has 6 nitrogen and oxygen atoms in total. The zero-order chi connectivity index (χ0) is 15.9. The van der Waals surface area contributed by atoms with Crippen LogP contribution in [0.5, 0.6) is 0 Å². The van der Waals surface area contributed by atoms with E-state index in [4.69, 9.17) is 10.2 Å². The molecule has 1 fully saturated rings. The van der Waals surface area contributed by atoms with Crippen LogP contribution in [0.2, 0.25) is 0 Å². The number of urea groups is 1. The highest BCUT2D eigenvalue weighted by molar-refractivity contribution is 5.74. The van der Waals surface area contributed by atoms with Gasteiger partial charge in [-0.1, -0.05) is 13.8 Å². The highest BCUT2D eigenvalue weighted by Gasteiger charge is 2.27. The fraction of sp³-hybridized carbons (Fsp3) is 0.867. The van der Waals surface area contributed by atoms with Gasteiger partial charge in [0, 0.05) is 19.2 Å². The quantitative estimate of drug-likeness (QED) is 0.575. The van der Waals surface area contributed by atoms with Gasteiger partial charge in [-0.05, 0) is 43.9 Å². The highest BCUT2D eigenvalue weighted by Crippen LogP contribution is 2.24. The van der Waals surface area contributed by atoms with Crippen LogP contribution < -0.4 is 10.6 Å². The van der Waals surface area contributed by atoms with Gasteiger partial charge in [0.1, 0.15) is 0 Å². The minimum absolute atomic E-state index is 0.0406. The Morgan fingerprint density at radius 1 is 1.19 bits per heavy atom. The molecular weight excluding hydrogens is 272 g/mol. The predicted molar refractivity (Wildman–Crippen MR) is 80.0 cm³/mol. The van der Waals surface area contributed by atoms with Crippen molar-refractivity contribution >= 4 is 12.0 Å². The Bertz CT molecular complexity index is 350. The molecule has 4 N–H and O–H groups in total. The SMILES string of the molecule is CC(C)(CCCO)CNC(=O)NC1CCC(C(=O)O)CC1. The molecule has 1 saturated carbocycles. The lowest BCUT2D eigenvalue weighted by molar-refractivity contribution is -0.142. The van der Waals surface area contributed by atoms with E-state index in [1.54, 1.807) is 0 Å². The fourth-order valence-corrected chi connectivity index (χ4v) is 2.69. The standard InChI is InChI=1S/C15H28N2O4/c1-15(2,8-3-9-18)10-16-14(21)17-12-6-4-11(5-7-12)13(19)20/h11-12,18H,3-10H2,1-2H3,(H,19,20)(H2,16,17,21). The number of aliphatic carboxylic acids is 1. The van der Waals surface area contributed by atoms with Gasteiger partial charge in [-0.2, -0.15) is 0 Å². The number of amides is 2. The van der Waals surface area contributed by atoms with Crippen molar-refractivity contribution in [2.75, 3.05) is 13.2 Å². The number of hydrogen-bond acceptors (Lipinski definition) is 3. The largest absolute Gasteiger partial charge is 0.481 e. The molecule has 0 bridgehead atoms. The Morgan fingerprint density at radius 2 is 1.81 bits per heavy atom. The van der Waals surface area contributed by atoms with E-state index in [2.05, 4.69) is 24.5 Å². The molecule has 0 aromatic rings. The van der Waals surface area contributed by atoms with E-state index in [0.717, 1.165) is 25.7 Å². The third-order valence-corrected chi connectivity index (χ3v) is 4.15. The zero-order valence-corrected chi connectivity index (χ0v) is 13.0. The topological polar surface area (TPSA) is 98.7 Å². The number of carbonyl (C=O) groups is 2. The smallest absolute Gasteiger partial charge is 0.315 e. The molecule has 0 aromatic carbocycles. The van der Waals surface area contributed by atoms with Gasteiger partial charge in [-0.15, -0.1) is 0 Å². The van der Waals surface area contributed by atoms with Crippen molar-refractivity contribution in [1.29, 1.82) is 0 Å². The molecule has 0 unspecified atom stereocenters. The molecule has 2 amide bonds. The van der Waals surface area contributed by atoms with E-state index in [1.807, 2.05) is 0 Å². The molecule has 122 valence electrons. The van der Waals surface area contributed by atoms with E-state index < -0.39 is 5.97 Å². The molecule has 21 heavy (non-hydrogen) atoms. The summed E-state index contributed by atoms with van der Waals surface area (Å²) in [5, 5.41) is 23.6. The first-order chi connectivity index (χ1) is 9.84. The van der Waals surface area contributed by atoms with Crippen molar-refractivity contribution in [3.63, 3.8) is 0 Å². The zero-order valence-electron chi connectivity index (χ0n) is 13.0. The lowest BCUT2D eigenvalue weighted by Gasteiger charge is -2.28. The summed E-state index contributed by atoms with van der Waals surface area (Å²) in [4.78, 5) is 22.7. The van der Waals surface area contributed by atoms with Gasteiger partial charge in [0.25, 0.3) is 0 Å². The van der Waals surface area contributed by atoms with E-state index in [1.165, 1.54) is 0 Å². The van der Waals surface area contributed by atoms with Crippen molar-refractivity contribution in [3.05, 3.63) is 0 Å². The van der Waals surface area contributed by atoms with Crippen LogP contribution in [-0.4, -0.2) is 41.4 Å². The predicted octanol–water partition coefficient (Wildman–Crippen LogP) is 1.73. The molecule has 0 spiro atoms. The number of carboxylic acid groups (broad SMARTS) is 1. The maximum absolute atomic E-state index is 11.9. The molecule has 1 aliphatic carbocycles. The third kappa shape index (κ3) is 6.80. The van der Waals surface area contributed by atoms with Gasteiger partial charge in [0.2, 0.25) is 0 Å². The van der Waals surface area contributed by atoms with Crippen LogP contribution in [0.25, 0.3) is 0 Å². The highest BCUT2D eigenvalue weighted by atomic mass is 16.4. The second kappa shape index (κ2) is 8.22. The molecular formula is C15H28N2O4. The summed E-state index contributed by atoms with van der Waals surface area (Å²) in [6.07, 6.45) is 4.28. The molecule has 0 aliphatic heterocycles.